The lowest BCUT2D eigenvalue weighted by atomic mass is 9.89. The fraction of sp³-hybridized carbons (Fsp3) is 0.348. The van der Waals surface area contributed by atoms with Crippen molar-refractivity contribution in [1.82, 2.24) is 9.97 Å². The van der Waals surface area contributed by atoms with Gasteiger partial charge >= 0.3 is 0 Å². The molecule has 0 spiro atoms. The number of thiazole rings is 1. The lowest BCUT2D eigenvalue weighted by molar-refractivity contribution is -0.120. The monoisotopic (exact) mass is 454 g/mol. The van der Waals surface area contributed by atoms with E-state index in [1.165, 1.54) is 24.2 Å². The van der Waals surface area contributed by atoms with Gasteiger partial charge in [0.1, 0.15) is 5.75 Å². The van der Waals surface area contributed by atoms with Crippen LogP contribution in [-0.2, 0) is 10.2 Å². The molecule has 1 fully saturated rings. The first-order valence-corrected chi connectivity index (χ1v) is 12.1. The summed E-state index contributed by atoms with van der Waals surface area (Å²) in [5, 5.41) is 6.52. The normalized spacial score (nSPS) is 13.6. The van der Waals surface area contributed by atoms with Crippen LogP contribution in [0.25, 0.3) is 11.1 Å². The van der Waals surface area contributed by atoms with E-state index in [1.807, 2.05) is 56.5 Å². The van der Waals surface area contributed by atoms with Crippen molar-refractivity contribution in [1.29, 1.82) is 0 Å². The summed E-state index contributed by atoms with van der Waals surface area (Å²) in [7, 11) is 0. The molecular weight excluding hydrogens is 428 g/mol. The summed E-state index contributed by atoms with van der Waals surface area (Å²) in [6.07, 6.45) is 6.02. The zero-order valence-electron chi connectivity index (χ0n) is 17.8. The second kappa shape index (κ2) is 9.28. The number of nitrogens with one attached hydrogen (secondary N) is 2. The van der Waals surface area contributed by atoms with Crippen molar-refractivity contribution < 1.29 is 9.53 Å². The van der Waals surface area contributed by atoms with Crippen LogP contribution in [0.5, 0.6) is 5.75 Å². The van der Waals surface area contributed by atoms with Gasteiger partial charge in [-0.3, -0.25) is 9.78 Å². The standard InChI is InChI=1S/C23H26N4O2S2/c1-4-29-18-11-16(12-24-13-18)15-5-7-17(8-6-15)25-21(28)23(2,3)20-14-30-22(26-20)27-31-19-9-10-19/h5-8,11-14,19H,4,9-10H2,1-3H3,(H,25,28)(H,26,27). The fourth-order valence-corrected chi connectivity index (χ4v) is 4.64. The van der Waals surface area contributed by atoms with Gasteiger partial charge in [-0.1, -0.05) is 12.1 Å². The molecule has 0 bridgehead atoms. The number of carbonyl (C=O) groups is 1. The Morgan fingerprint density at radius 2 is 2.00 bits per heavy atom. The maximum atomic E-state index is 13.0. The molecule has 1 aromatic carbocycles. The van der Waals surface area contributed by atoms with Gasteiger partial charge in [0.25, 0.3) is 0 Å². The third-order valence-corrected chi connectivity index (χ3v) is 7.05. The van der Waals surface area contributed by atoms with Crippen molar-refractivity contribution in [3.8, 4) is 16.9 Å². The molecule has 2 heterocycles. The van der Waals surface area contributed by atoms with Crippen molar-refractivity contribution >= 4 is 40.0 Å². The average Bonchev–Trinajstić information content (AvgIpc) is 3.48. The number of hydrogen-bond acceptors (Lipinski definition) is 7. The average molecular weight is 455 g/mol. The summed E-state index contributed by atoms with van der Waals surface area (Å²) in [5.41, 5.74) is 2.75. The van der Waals surface area contributed by atoms with Crippen molar-refractivity contribution in [3.63, 3.8) is 0 Å². The molecule has 162 valence electrons. The minimum atomic E-state index is -0.741. The maximum absolute atomic E-state index is 13.0. The first kappa shape index (κ1) is 21.6. The highest BCUT2D eigenvalue weighted by atomic mass is 32.2. The highest BCUT2D eigenvalue weighted by Gasteiger charge is 2.33. The Morgan fingerprint density at radius 3 is 2.71 bits per heavy atom. The van der Waals surface area contributed by atoms with Crippen LogP contribution in [0.2, 0.25) is 0 Å². The SMILES string of the molecule is CCOc1cncc(-c2ccc(NC(=O)C(C)(C)c3csc(NSC4CC4)n3)cc2)c1. The van der Waals surface area contributed by atoms with Crippen LogP contribution in [0.3, 0.4) is 0 Å². The van der Waals surface area contributed by atoms with E-state index in [0.29, 0.717) is 11.9 Å². The molecule has 8 heteroatoms. The van der Waals surface area contributed by atoms with Gasteiger partial charge in [0.15, 0.2) is 5.13 Å². The largest absolute Gasteiger partial charge is 0.492 e. The fourth-order valence-electron chi connectivity index (χ4n) is 2.90. The predicted octanol–water partition coefficient (Wildman–Crippen LogP) is 5.74. The second-order valence-electron chi connectivity index (χ2n) is 7.96. The molecule has 0 atom stereocenters. The summed E-state index contributed by atoms with van der Waals surface area (Å²) >= 11 is 3.25. The number of pyridine rings is 1. The molecule has 4 rings (SSSR count). The van der Waals surface area contributed by atoms with Gasteiger partial charge in [0.05, 0.1) is 23.9 Å². The maximum Gasteiger partial charge on any atom is 0.236 e. The number of amides is 1. The Hall–Kier alpha value is -2.58. The van der Waals surface area contributed by atoms with Gasteiger partial charge < -0.3 is 14.8 Å². The van der Waals surface area contributed by atoms with Crippen molar-refractivity contribution in [2.24, 2.45) is 0 Å². The van der Waals surface area contributed by atoms with Crippen LogP contribution in [-0.4, -0.2) is 27.7 Å². The molecule has 0 aliphatic heterocycles. The molecule has 1 aliphatic rings. The van der Waals surface area contributed by atoms with E-state index in [4.69, 9.17) is 4.74 Å². The van der Waals surface area contributed by atoms with E-state index in [2.05, 4.69) is 20.0 Å². The number of benzene rings is 1. The summed E-state index contributed by atoms with van der Waals surface area (Å²) in [4.78, 5) is 21.9. The van der Waals surface area contributed by atoms with Gasteiger partial charge in [-0.25, -0.2) is 4.98 Å². The molecule has 3 aromatic rings. The zero-order valence-corrected chi connectivity index (χ0v) is 19.5. The first-order valence-electron chi connectivity index (χ1n) is 10.3. The minimum Gasteiger partial charge on any atom is -0.492 e. The van der Waals surface area contributed by atoms with E-state index in [-0.39, 0.29) is 5.91 Å². The molecule has 0 saturated heterocycles. The molecule has 0 radical (unpaired) electrons. The number of carbonyl (C=O) groups excluding carboxylic acids is 1. The number of nitrogens with zero attached hydrogens (tertiary/aromatic N) is 2. The number of ether oxygens (including phenoxy) is 1. The smallest absolute Gasteiger partial charge is 0.236 e. The van der Waals surface area contributed by atoms with Crippen molar-refractivity contribution in [2.75, 3.05) is 16.6 Å². The summed E-state index contributed by atoms with van der Waals surface area (Å²) in [6, 6.07) is 9.70. The van der Waals surface area contributed by atoms with Crippen LogP contribution in [0.4, 0.5) is 10.8 Å². The molecule has 1 amide bonds. The van der Waals surface area contributed by atoms with Crippen molar-refractivity contribution in [3.05, 3.63) is 53.8 Å². The molecule has 1 saturated carbocycles. The van der Waals surface area contributed by atoms with Gasteiger partial charge in [0.2, 0.25) is 5.91 Å². The molecule has 2 aromatic heterocycles. The van der Waals surface area contributed by atoms with E-state index in [1.54, 1.807) is 24.3 Å². The van der Waals surface area contributed by atoms with Crippen LogP contribution in [0.15, 0.2) is 48.1 Å². The van der Waals surface area contributed by atoms with E-state index >= 15 is 0 Å². The lowest BCUT2D eigenvalue weighted by Gasteiger charge is -2.21. The first-order chi connectivity index (χ1) is 15.0. The van der Waals surface area contributed by atoms with E-state index < -0.39 is 5.41 Å². The van der Waals surface area contributed by atoms with Crippen LogP contribution in [0, 0.1) is 0 Å². The number of aromatic nitrogens is 2. The van der Waals surface area contributed by atoms with Gasteiger partial charge in [-0.05, 0) is 69.3 Å². The summed E-state index contributed by atoms with van der Waals surface area (Å²) < 4.78 is 8.82. The van der Waals surface area contributed by atoms with Gasteiger partial charge in [-0.15, -0.1) is 11.3 Å². The Kier molecular flexibility index (Phi) is 6.48. The van der Waals surface area contributed by atoms with Crippen LogP contribution < -0.4 is 14.8 Å². The highest BCUT2D eigenvalue weighted by Crippen LogP contribution is 2.36. The third-order valence-electron chi connectivity index (χ3n) is 5.05. The van der Waals surface area contributed by atoms with Gasteiger partial charge in [0, 0.05) is 28.1 Å². The molecule has 1 aliphatic carbocycles. The lowest BCUT2D eigenvalue weighted by Crippen LogP contribution is -2.35. The Labute approximate surface area is 191 Å². The van der Waals surface area contributed by atoms with E-state index in [0.717, 1.165) is 33.4 Å². The second-order valence-corrected chi connectivity index (χ2v) is 9.92. The highest BCUT2D eigenvalue weighted by molar-refractivity contribution is 8.01. The number of anilines is 2. The molecule has 6 nitrogen and oxygen atoms in total. The third kappa shape index (κ3) is 5.37. The van der Waals surface area contributed by atoms with Crippen LogP contribution >= 0.6 is 23.3 Å². The Balaban J connectivity index is 1.41. The van der Waals surface area contributed by atoms with Gasteiger partial charge in [-0.2, -0.15) is 0 Å². The molecule has 0 unspecified atom stereocenters. The minimum absolute atomic E-state index is 0.0908. The Bertz CT molecular complexity index is 1050. The van der Waals surface area contributed by atoms with Crippen molar-refractivity contribution in [2.45, 2.75) is 44.3 Å². The molecular formula is C23H26N4O2S2. The number of hydrogen-bond donors (Lipinski definition) is 2. The molecule has 31 heavy (non-hydrogen) atoms. The topological polar surface area (TPSA) is 76.1 Å². The van der Waals surface area contributed by atoms with E-state index in [9.17, 15) is 4.79 Å². The quantitative estimate of drug-likeness (QED) is 0.401. The predicted molar refractivity (Wildman–Crippen MR) is 129 cm³/mol. The summed E-state index contributed by atoms with van der Waals surface area (Å²) in [5.74, 6) is 0.652. The zero-order chi connectivity index (χ0) is 21.8. The number of rotatable bonds is 9. The van der Waals surface area contributed by atoms with Crippen LogP contribution in [0.1, 0.15) is 39.3 Å². The Morgan fingerprint density at radius 1 is 1.23 bits per heavy atom. The summed E-state index contributed by atoms with van der Waals surface area (Å²) in [6.45, 7) is 6.34. The molecule has 2 N–H and O–H groups in total.